The number of nitrogens with zero attached hydrogens (tertiary/aromatic N) is 6. The molecule has 0 atom stereocenters. The maximum atomic E-state index is 2.39. The minimum absolute atomic E-state index is 1.07. The van der Waals surface area contributed by atoms with E-state index in [1.807, 2.05) is 0 Å². The summed E-state index contributed by atoms with van der Waals surface area (Å²) < 4.78 is 4.78. The maximum Gasteiger partial charge on any atom is 0.0547 e. The molecule has 6 heteroatoms. The zero-order valence-corrected chi connectivity index (χ0v) is 69.3. The van der Waals surface area contributed by atoms with Crippen LogP contribution in [0.4, 0.5) is 68.2 Å². The summed E-state index contributed by atoms with van der Waals surface area (Å²) in [6.45, 7) is 0. The first kappa shape index (κ1) is 76.6. The van der Waals surface area contributed by atoms with Crippen LogP contribution in [0.5, 0.6) is 0 Å². The average Bonchev–Trinajstić information content (AvgIpc) is 1.58. The standard InChI is InChI=1S/2C60H43N3/c1-6-20-44(21-7-1)46-36-40-54(59(42-46)62(49-24-10-3-11-25-49)50-26-12-4-13-27-50)45-34-38-52(39-35-45)61(48-22-8-2-9-23-48)57-32-18-16-30-53(57)47-37-41-56-55-31-17-19-33-58(55)63(60(56)43-47)51-28-14-5-15-29-51;1-5-17-44(18-6-1)45-31-36-53(37-32-45)62(54-38-33-46(34-39-54)47-19-15-27-55(41-47)61(50-21-7-2-8-22-50)51-23-9-3-10-24-51)56-28-16-20-48(42-56)49-35-40-58-57-29-13-14-30-59(57)63(60(58)43-49)52-25-11-4-12-26-52/h2*1-43H. The van der Waals surface area contributed by atoms with E-state index in [-0.39, 0.29) is 0 Å². The van der Waals surface area contributed by atoms with Gasteiger partial charge in [-0.05, 0) is 238 Å². The Morgan fingerprint density at radius 1 is 0.127 bits per heavy atom. The maximum absolute atomic E-state index is 2.39. The van der Waals surface area contributed by atoms with Crippen molar-refractivity contribution in [2.45, 2.75) is 0 Å². The summed E-state index contributed by atoms with van der Waals surface area (Å²) in [5.74, 6) is 0. The van der Waals surface area contributed by atoms with Gasteiger partial charge >= 0.3 is 0 Å². The number of aromatic nitrogens is 2. The quantitative estimate of drug-likeness (QED) is 0.0758. The van der Waals surface area contributed by atoms with Gasteiger partial charge in [-0.3, -0.25) is 0 Å². The van der Waals surface area contributed by atoms with E-state index in [0.717, 1.165) is 124 Å². The molecule has 0 spiro atoms. The van der Waals surface area contributed by atoms with Gasteiger partial charge in [0.05, 0.1) is 33.4 Å². The second kappa shape index (κ2) is 34.7. The smallest absolute Gasteiger partial charge is 0.0547 e. The first-order valence-corrected chi connectivity index (χ1v) is 43.0. The van der Waals surface area contributed by atoms with Gasteiger partial charge < -0.3 is 28.7 Å². The Kier molecular flexibility index (Phi) is 21.1. The average molecular weight is 1610 g/mol. The van der Waals surface area contributed by atoms with E-state index in [1.54, 1.807) is 0 Å². The predicted molar refractivity (Wildman–Crippen MR) is 533 cm³/mol. The lowest BCUT2D eigenvalue weighted by Crippen LogP contribution is -2.12. The van der Waals surface area contributed by atoms with E-state index in [1.165, 1.54) is 65.9 Å². The predicted octanol–water partition coefficient (Wildman–Crippen LogP) is 33.4. The fourth-order valence-electron chi connectivity index (χ4n) is 18.0. The molecular formula is C120H86N6. The normalized spacial score (nSPS) is 11.2. The third-order valence-electron chi connectivity index (χ3n) is 23.9. The van der Waals surface area contributed by atoms with Gasteiger partial charge in [-0.25, -0.2) is 0 Å². The Balaban J connectivity index is 0.000000154. The molecule has 0 aliphatic carbocycles. The minimum Gasteiger partial charge on any atom is -0.310 e. The summed E-state index contributed by atoms with van der Waals surface area (Å²) in [5.41, 5.74) is 34.1. The van der Waals surface area contributed by atoms with Crippen LogP contribution in [0.25, 0.3) is 122 Å². The van der Waals surface area contributed by atoms with E-state index >= 15 is 0 Å². The lowest BCUT2D eigenvalue weighted by molar-refractivity contribution is 1.18. The van der Waals surface area contributed by atoms with Gasteiger partial charge in [-0.2, -0.15) is 0 Å². The molecule has 596 valence electrons. The molecule has 0 radical (unpaired) electrons. The number of fused-ring (bicyclic) bond motifs is 6. The van der Waals surface area contributed by atoms with Crippen molar-refractivity contribution in [3.8, 4) is 78.1 Å². The van der Waals surface area contributed by atoms with Crippen LogP contribution in [0.3, 0.4) is 0 Å². The van der Waals surface area contributed by atoms with E-state index in [0.29, 0.717) is 0 Å². The first-order valence-electron chi connectivity index (χ1n) is 43.0. The molecule has 20 aromatic carbocycles. The molecule has 126 heavy (non-hydrogen) atoms. The van der Waals surface area contributed by atoms with E-state index < -0.39 is 0 Å². The summed E-state index contributed by atoms with van der Waals surface area (Å²) in [4.78, 5) is 9.43. The number of hydrogen-bond acceptors (Lipinski definition) is 4. The lowest BCUT2D eigenvalue weighted by Gasteiger charge is -2.29. The fraction of sp³-hybridized carbons (Fsp3) is 0. The highest BCUT2D eigenvalue weighted by molar-refractivity contribution is 6.12. The highest BCUT2D eigenvalue weighted by Crippen LogP contribution is 2.49. The van der Waals surface area contributed by atoms with Crippen LogP contribution in [0, 0.1) is 0 Å². The largest absolute Gasteiger partial charge is 0.310 e. The van der Waals surface area contributed by atoms with Crippen molar-refractivity contribution in [1.29, 1.82) is 0 Å². The van der Waals surface area contributed by atoms with E-state index in [2.05, 4.69) is 550 Å². The summed E-state index contributed by atoms with van der Waals surface area (Å²) in [6.07, 6.45) is 0. The van der Waals surface area contributed by atoms with Crippen LogP contribution in [0.1, 0.15) is 0 Å². The van der Waals surface area contributed by atoms with Crippen LogP contribution in [0.15, 0.2) is 522 Å². The fourth-order valence-corrected chi connectivity index (χ4v) is 18.0. The molecule has 6 nitrogen and oxygen atoms in total. The molecule has 0 saturated heterocycles. The van der Waals surface area contributed by atoms with Gasteiger partial charge in [0.25, 0.3) is 0 Å². The van der Waals surface area contributed by atoms with Crippen molar-refractivity contribution in [3.63, 3.8) is 0 Å². The zero-order chi connectivity index (χ0) is 83.9. The Bertz CT molecular complexity index is 7440. The van der Waals surface area contributed by atoms with Gasteiger partial charge in [0, 0.05) is 101 Å². The molecule has 0 saturated carbocycles. The van der Waals surface area contributed by atoms with E-state index in [9.17, 15) is 0 Å². The van der Waals surface area contributed by atoms with Crippen LogP contribution in [0.2, 0.25) is 0 Å². The Morgan fingerprint density at radius 2 is 0.389 bits per heavy atom. The lowest BCUT2D eigenvalue weighted by atomic mass is 9.96. The molecular weight excluding hydrogens is 1530 g/mol. The molecule has 22 rings (SSSR count). The Hall–Kier alpha value is -16.8. The molecule has 0 unspecified atom stereocenters. The Morgan fingerprint density at radius 3 is 0.849 bits per heavy atom. The molecule has 0 N–H and O–H groups in total. The topological polar surface area (TPSA) is 22.8 Å². The number of anilines is 12. The van der Waals surface area contributed by atoms with Crippen LogP contribution < -0.4 is 19.6 Å². The van der Waals surface area contributed by atoms with E-state index in [4.69, 9.17) is 0 Å². The highest BCUT2D eigenvalue weighted by atomic mass is 15.2. The zero-order valence-electron chi connectivity index (χ0n) is 69.3. The first-order chi connectivity index (χ1) is 62.5. The second-order valence-electron chi connectivity index (χ2n) is 31.6. The molecule has 0 aliphatic heterocycles. The van der Waals surface area contributed by atoms with Crippen molar-refractivity contribution in [3.05, 3.63) is 522 Å². The number of benzene rings is 20. The second-order valence-corrected chi connectivity index (χ2v) is 31.6. The molecule has 2 aromatic heterocycles. The third kappa shape index (κ3) is 15.3. The number of hydrogen-bond donors (Lipinski definition) is 0. The molecule has 0 bridgehead atoms. The number of para-hydroxylation sites is 10. The van der Waals surface area contributed by atoms with Crippen molar-refractivity contribution in [2.24, 2.45) is 0 Å². The van der Waals surface area contributed by atoms with Crippen molar-refractivity contribution in [1.82, 2.24) is 9.13 Å². The summed E-state index contributed by atoms with van der Waals surface area (Å²) in [7, 11) is 0. The van der Waals surface area contributed by atoms with Gasteiger partial charge in [-0.15, -0.1) is 0 Å². The molecule has 2 heterocycles. The van der Waals surface area contributed by atoms with Gasteiger partial charge in [-0.1, -0.05) is 340 Å². The summed E-state index contributed by atoms with van der Waals surface area (Å²) >= 11 is 0. The molecule has 22 aromatic rings. The summed E-state index contributed by atoms with van der Waals surface area (Å²) in [6, 6.07) is 187. The van der Waals surface area contributed by atoms with Crippen LogP contribution in [-0.2, 0) is 0 Å². The van der Waals surface area contributed by atoms with Crippen LogP contribution in [-0.4, -0.2) is 9.13 Å². The third-order valence-corrected chi connectivity index (χ3v) is 23.9. The van der Waals surface area contributed by atoms with Gasteiger partial charge in [0.1, 0.15) is 0 Å². The van der Waals surface area contributed by atoms with Crippen molar-refractivity contribution >= 4 is 112 Å². The summed E-state index contributed by atoms with van der Waals surface area (Å²) in [5, 5.41) is 4.98. The van der Waals surface area contributed by atoms with Crippen molar-refractivity contribution in [2.75, 3.05) is 19.6 Å². The highest BCUT2D eigenvalue weighted by Gasteiger charge is 2.25. The van der Waals surface area contributed by atoms with Gasteiger partial charge in [0.2, 0.25) is 0 Å². The minimum atomic E-state index is 1.07. The molecule has 0 aliphatic rings. The SMILES string of the molecule is c1ccc(-c2ccc(-c3ccc(N(c4ccccc4)c4ccccc4-c4ccc5c6ccccc6n(-c6ccccc6)c5c4)cc3)c(N(c3ccccc3)c3ccccc3)c2)cc1.c1ccc(-c2ccc(N(c3ccc(-c4cccc(N(c5ccccc5)c5ccccc5)c4)cc3)c3cccc(-c4ccc5c6ccccc6n(-c6ccccc6)c5c4)c3)cc2)cc1. The van der Waals surface area contributed by atoms with Crippen molar-refractivity contribution < 1.29 is 0 Å². The molecule has 0 amide bonds. The Labute approximate surface area is 735 Å². The monoisotopic (exact) mass is 1610 g/mol. The number of rotatable bonds is 20. The van der Waals surface area contributed by atoms with Crippen LogP contribution >= 0.6 is 0 Å². The van der Waals surface area contributed by atoms with Gasteiger partial charge in [0.15, 0.2) is 0 Å². The molecule has 0 fully saturated rings.